The molecule has 0 atom stereocenters. The number of aryl methyl sites for hydroxylation is 1. The molecule has 2 aromatic rings. The molecule has 0 fully saturated rings. The third-order valence-corrected chi connectivity index (χ3v) is 3.32. The number of nitro groups is 1. The molecule has 0 amide bonds. The summed E-state index contributed by atoms with van der Waals surface area (Å²) in [7, 11) is 0. The molecule has 0 aliphatic rings. The number of imidazole rings is 1. The Labute approximate surface area is 122 Å². The summed E-state index contributed by atoms with van der Waals surface area (Å²) in [5.41, 5.74) is 7.49. The van der Waals surface area contributed by atoms with Crippen LogP contribution in [0.5, 0.6) is 0 Å². The zero-order valence-corrected chi connectivity index (χ0v) is 12.2. The van der Waals surface area contributed by atoms with Gasteiger partial charge in [0.2, 0.25) is 11.6 Å². The minimum absolute atomic E-state index is 0.119. The lowest BCUT2D eigenvalue weighted by atomic mass is 10.1. The zero-order chi connectivity index (χ0) is 15.4. The van der Waals surface area contributed by atoms with Crippen molar-refractivity contribution in [3.05, 3.63) is 45.8 Å². The Morgan fingerprint density at radius 3 is 2.62 bits per heavy atom. The molecule has 0 spiro atoms. The molecule has 3 N–H and O–H groups in total. The number of hydrogen-bond acceptors (Lipinski definition) is 5. The lowest BCUT2D eigenvalue weighted by Crippen LogP contribution is -2.11. The number of benzene rings is 1. The Morgan fingerprint density at radius 1 is 1.38 bits per heavy atom. The van der Waals surface area contributed by atoms with Crippen molar-refractivity contribution in [3.63, 3.8) is 0 Å². The van der Waals surface area contributed by atoms with Gasteiger partial charge in [-0.2, -0.15) is 0 Å². The predicted molar refractivity (Wildman–Crippen MR) is 82.3 cm³/mol. The number of nitrogen functional groups attached to an aromatic ring is 1. The van der Waals surface area contributed by atoms with Crippen LogP contribution < -0.4 is 11.1 Å². The standard InChI is InChI=1S/C14H19N5O2/c1-3-18-10(2)17-14(19(20)21)13(18)16-9-8-11-4-6-12(15)7-5-11/h4-7,16H,3,8-9,15H2,1-2H3. The van der Waals surface area contributed by atoms with Crippen LogP contribution in [0, 0.1) is 17.0 Å². The first-order valence-corrected chi connectivity index (χ1v) is 6.82. The van der Waals surface area contributed by atoms with Crippen LogP contribution in [0.1, 0.15) is 18.3 Å². The van der Waals surface area contributed by atoms with E-state index in [9.17, 15) is 10.1 Å². The number of anilines is 2. The summed E-state index contributed by atoms with van der Waals surface area (Å²) in [6.45, 7) is 4.93. The Morgan fingerprint density at radius 2 is 2.05 bits per heavy atom. The van der Waals surface area contributed by atoms with Gasteiger partial charge in [-0.05, 0) is 40.9 Å². The normalized spacial score (nSPS) is 10.6. The highest BCUT2D eigenvalue weighted by atomic mass is 16.6. The first-order chi connectivity index (χ1) is 10.0. The lowest BCUT2D eigenvalue weighted by Gasteiger charge is -2.08. The average molecular weight is 289 g/mol. The van der Waals surface area contributed by atoms with E-state index in [0.29, 0.717) is 24.7 Å². The summed E-state index contributed by atoms with van der Waals surface area (Å²) in [4.78, 5) is 14.6. The molecule has 0 radical (unpaired) electrons. The van der Waals surface area contributed by atoms with Crippen molar-refractivity contribution in [1.82, 2.24) is 9.55 Å². The highest BCUT2D eigenvalue weighted by Gasteiger charge is 2.24. The number of nitrogens with two attached hydrogens (primary N) is 1. The molecule has 1 aromatic heterocycles. The smallest absolute Gasteiger partial charge is 0.399 e. The lowest BCUT2D eigenvalue weighted by molar-refractivity contribution is -0.388. The maximum Gasteiger partial charge on any atom is 0.406 e. The highest BCUT2D eigenvalue weighted by molar-refractivity contribution is 5.53. The number of nitrogens with zero attached hydrogens (tertiary/aromatic N) is 3. The molecule has 2 rings (SSSR count). The minimum atomic E-state index is -0.454. The SMILES string of the molecule is CCn1c(C)nc([N+](=O)[O-])c1NCCc1ccc(N)cc1. The van der Waals surface area contributed by atoms with Crippen LogP contribution >= 0.6 is 0 Å². The summed E-state index contributed by atoms with van der Waals surface area (Å²) in [6, 6.07) is 7.60. The zero-order valence-electron chi connectivity index (χ0n) is 12.2. The fourth-order valence-corrected chi connectivity index (χ4v) is 2.25. The van der Waals surface area contributed by atoms with E-state index in [1.165, 1.54) is 0 Å². The van der Waals surface area contributed by atoms with Gasteiger partial charge in [0.15, 0.2) is 0 Å². The predicted octanol–water partition coefficient (Wildman–Crippen LogP) is 2.36. The second kappa shape index (κ2) is 6.25. The van der Waals surface area contributed by atoms with Gasteiger partial charge in [0.05, 0.1) is 0 Å². The van der Waals surface area contributed by atoms with Gasteiger partial charge in [0, 0.05) is 25.7 Å². The van der Waals surface area contributed by atoms with E-state index in [1.807, 2.05) is 31.2 Å². The Kier molecular flexibility index (Phi) is 4.42. The third kappa shape index (κ3) is 3.31. The monoisotopic (exact) mass is 289 g/mol. The molecule has 0 aliphatic heterocycles. The number of nitrogens with one attached hydrogen (secondary N) is 1. The first kappa shape index (κ1) is 14.8. The maximum atomic E-state index is 11.0. The van der Waals surface area contributed by atoms with Gasteiger partial charge in [0.1, 0.15) is 0 Å². The van der Waals surface area contributed by atoms with Crippen LogP contribution in [0.15, 0.2) is 24.3 Å². The van der Waals surface area contributed by atoms with Crippen LogP contribution in [0.2, 0.25) is 0 Å². The second-order valence-corrected chi connectivity index (χ2v) is 4.75. The van der Waals surface area contributed by atoms with E-state index in [1.54, 1.807) is 11.5 Å². The van der Waals surface area contributed by atoms with Gasteiger partial charge in [-0.3, -0.25) is 4.57 Å². The summed E-state index contributed by atoms with van der Waals surface area (Å²) in [6.07, 6.45) is 0.755. The quantitative estimate of drug-likeness (QED) is 0.483. The highest BCUT2D eigenvalue weighted by Crippen LogP contribution is 2.24. The van der Waals surface area contributed by atoms with Gasteiger partial charge in [-0.15, -0.1) is 0 Å². The van der Waals surface area contributed by atoms with Crippen molar-refractivity contribution in [3.8, 4) is 0 Å². The topological polar surface area (TPSA) is 99.0 Å². The number of rotatable bonds is 6. The molecule has 1 heterocycles. The maximum absolute atomic E-state index is 11.0. The van der Waals surface area contributed by atoms with Crippen LogP contribution in [0.4, 0.5) is 17.3 Å². The van der Waals surface area contributed by atoms with Crippen LogP contribution in [0.25, 0.3) is 0 Å². The van der Waals surface area contributed by atoms with E-state index in [0.717, 1.165) is 17.7 Å². The second-order valence-electron chi connectivity index (χ2n) is 4.75. The van der Waals surface area contributed by atoms with Crippen molar-refractivity contribution in [2.75, 3.05) is 17.6 Å². The van der Waals surface area contributed by atoms with Crippen molar-refractivity contribution < 1.29 is 4.92 Å². The molecule has 0 aliphatic carbocycles. The molecule has 7 nitrogen and oxygen atoms in total. The van der Waals surface area contributed by atoms with E-state index in [2.05, 4.69) is 10.3 Å². The molecule has 1 aromatic carbocycles. The molecule has 0 unspecified atom stereocenters. The van der Waals surface area contributed by atoms with E-state index in [4.69, 9.17) is 5.73 Å². The van der Waals surface area contributed by atoms with Crippen LogP contribution in [-0.2, 0) is 13.0 Å². The third-order valence-electron chi connectivity index (χ3n) is 3.32. The van der Waals surface area contributed by atoms with Crippen molar-refractivity contribution in [2.24, 2.45) is 0 Å². The van der Waals surface area contributed by atoms with Gasteiger partial charge in [0.25, 0.3) is 0 Å². The Hall–Kier alpha value is -2.57. The molecule has 0 bridgehead atoms. The summed E-state index contributed by atoms with van der Waals surface area (Å²) in [5.74, 6) is 0.987. The van der Waals surface area contributed by atoms with Crippen LogP contribution in [-0.4, -0.2) is 21.0 Å². The van der Waals surface area contributed by atoms with Crippen molar-refractivity contribution in [1.29, 1.82) is 0 Å². The minimum Gasteiger partial charge on any atom is -0.399 e. The van der Waals surface area contributed by atoms with Gasteiger partial charge in [-0.1, -0.05) is 12.1 Å². The largest absolute Gasteiger partial charge is 0.406 e. The van der Waals surface area contributed by atoms with Gasteiger partial charge in [-0.25, -0.2) is 0 Å². The number of aromatic nitrogens is 2. The Balaban J connectivity index is 2.08. The fourth-order valence-electron chi connectivity index (χ4n) is 2.25. The molecule has 0 saturated carbocycles. The molecule has 0 saturated heterocycles. The number of hydrogen-bond donors (Lipinski definition) is 2. The fraction of sp³-hybridized carbons (Fsp3) is 0.357. The molecule has 21 heavy (non-hydrogen) atoms. The van der Waals surface area contributed by atoms with Gasteiger partial charge < -0.3 is 21.2 Å². The molecular formula is C14H19N5O2. The van der Waals surface area contributed by atoms with Crippen molar-refractivity contribution in [2.45, 2.75) is 26.8 Å². The molecule has 7 heteroatoms. The van der Waals surface area contributed by atoms with Gasteiger partial charge >= 0.3 is 5.82 Å². The van der Waals surface area contributed by atoms with Crippen molar-refractivity contribution >= 4 is 17.3 Å². The first-order valence-electron chi connectivity index (χ1n) is 6.82. The summed E-state index contributed by atoms with van der Waals surface area (Å²) >= 11 is 0. The molecular weight excluding hydrogens is 270 g/mol. The van der Waals surface area contributed by atoms with Crippen LogP contribution in [0.3, 0.4) is 0 Å². The van der Waals surface area contributed by atoms with E-state index in [-0.39, 0.29) is 5.82 Å². The Bertz CT molecular complexity index is 634. The van der Waals surface area contributed by atoms with E-state index < -0.39 is 4.92 Å². The molecule has 112 valence electrons. The summed E-state index contributed by atoms with van der Waals surface area (Å²) < 4.78 is 1.81. The summed E-state index contributed by atoms with van der Waals surface area (Å²) in [5, 5.41) is 14.2. The average Bonchev–Trinajstić information content (AvgIpc) is 2.77. The van der Waals surface area contributed by atoms with E-state index >= 15 is 0 Å².